The van der Waals surface area contributed by atoms with Gasteiger partial charge in [-0.15, -0.1) is 24.8 Å². The largest absolute Gasteiger partial charge is 0.487 e. The van der Waals surface area contributed by atoms with Gasteiger partial charge in [-0.25, -0.2) is 0 Å². The highest BCUT2D eigenvalue weighted by Gasteiger charge is 2.29. The van der Waals surface area contributed by atoms with Crippen LogP contribution in [0, 0.1) is 0 Å². The molecule has 0 bridgehead atoms. The minimum atomic E-state index is 0. The molecule has 0 N–H and O–H groups in total. The van der Waals surface area contributed by atoms with Crippen LogP contribution < -0.4 is 14.5 Å². The number of hydrogen-bond donors (Lipinski definition) is 0. The van der Waals surface area contributed by atoms with Crippen LogP contribution >= 0.6 is 24.8 Å². The van der Waals surface area contributed by atoms with Gasteiger partial charge < -0.3 is 14.5 Å². The smallest absolute Gasteiger partial charge is 0.143 e. The van der Waals surface area contributed by atoms with Crippen molar-refractivity contribution < 1.29 is 4.74 Å². The first kappa shape index (κ1) is 26.2. The van der Waals surface area contributed by atoms with E-state index in [0.29, 0.717) is 12.6 Å². The monoisotopic (exact) mass is 499 g/mol. The van der Waals surface area contributed by atoms with Crippen LogP contribution in [-0.2, 0) is 13.0 Å². The van der Waals surface area contributed by atoms with E-state index in [-0.39, 0.29) is 24.8 Å². The van der Waals surface area contributed by atoms with E-state index in [1.807, 2.05) is 0 Å². The van der Waals surface area contributed by atoms with Gasteiger partial charge >= 0.3 is 0 Å². The molecule has 0 saturated carbocycles. The molecule has 0 amide bonds. The third kappa shape index (κ3) is 5.63. The lowest BCUT2D eigenvalue weighted by molar-refractivity contribution is 0.261. The lowest BCUT2D eigenvalue weighted by Crippen LogP contribution is -2.39. The van der Waals surface area contributed by atoms with Crippen molar-refractivity contribution in [1.29, 1.82) is 0 Å². The molecular weight excluding hydrogens is 465 g/mol. The summed E-state index contributed by atoms with van der Waals surface area (Å²) >= 11 is 0. The lowest BCUT2D eigenvalue weighted by Gasteiger charge is -2.32. The summed E-state index contributed by atoms with van der Waals surface area (Å²) in [5.41, 5.74) is 6.40. The summed E-state index contributed by atoms with van der Waals surface area (Å²) in [5.74, 6) is 0.981. The molecule has 0 unspecified atom stereocenters. The molecule has 0 spiro atoms. The van der Waals surface area contributed by atoms with Crippen LogP contribution in [0.4, 0.5) is 17.1 Å². The number of ether oxygens (including phenoxy) is 1. The van der Waals surface area contributed by atoms with Crippen LogP contribution in [0.5, 0.6) is 5.75 Å². The number of nitrogens with zero attached hydrogens (tertiary/aromatic N) is 3. The molecular formula is C28H35Cl2N3O. The van der Waals surface area contributed by atoms with E-state index in [4.69, 9.17) is 4.74 Å². The van der Waals surface area contributed by atoms with Crippen LogP contribution in [0.2, 0.25) is 0 Å². The van der Waals surface area contributed by atoms with Gasteiger partial charge in [-0.2, -0.15) is 0 Å². The first-order chi connectivity index (χ1) is 15.7. The molecule has 1 saturated heterocycles. The second kappa shape index (κ2) is 11.8. The Labute approximate surface area is 216 Å². The fraction of sp³-hybridized carbons (Fsp3) is 0.357. The molecule has 0 aromatic heterocycles. The van der Waals surface area contributed by atoms with Gasteiger partial charge in [-0.1, -0.05) is 42.5 Å². The summed E-state index contributed by atoms with van der Waals surface area (Å²) in [4.78, 5) is 7.34. The SMILES string of the molecule is CN(C)c1ccc(CCN2CCC[C@@H]2CN2c3ccccc3COc3ccccc32)cc1.Cl.Cl. The van der Waals surface area contributed by atoms with E-state index >= 15 is 0 Å². The maximum atomic E-state index is 6.17. The normalized spacial score (nSPS) is 16.9. The standard InChI is InChI=1S/C28H33N3O.2ClH/c1-29(2)24-15-13-22(14-16-24)17-19-30-18-7-9-25(30)20-31-26-10-4-3-8-23(26)21-32-28-12-6-5-11-27(28)31;;/h3-6,8,10-16,25H,7,9,17-21H2,1-2H3;2*1H/t25-;;/m1../s1. The summed E-state index contributed by atoms with van der Waals surface area (Å²) < 4.78 is 6.17. The molecule has 6 heteroatoms. The highest BCUT2D eigenvalue weighted by Crippen LogP contribution is 2.40. The minimum Gasteiger partial charge on any atom is -0.487 e. The summed E-state index contributed by atoms with van der Waals surface area (Å²) in [6.45, 7) is 3.92. The second-order valence-electron chi connectivity index (χ2n) is 9.14. The second-order valence-corrected chi connectivity index (χ2v) is 9.14. The average molecular weight is 501 g/mol. The van der Waals surface area contributed by atoms with Gasteiger partial charge in [0.2, 0.25) is 0 Å². The van der Waals surface area contributed by atoms with Crippen molar-refractivity contribution in [2.45, 2.75) is 31.9 Å². The quantitative estimate of drug-likeness (QED) is 0.394. The first-order valence-corrected chi connectivity index (χ1v) is 11.8. The predicted octanol–water partition coefficient (Wildman–Crippen LogP) is 6.33. The van der Waals surface area contributed by atoms with Crippen molar-refractivity contribution in [3.05, 3.63) is 83.9 Å². The van der Waals surface area contributed by atoms with Crippen LogP contribution in [-0.4, -0.2) is 44.7 Å². The number of benzene rings is 3. The Bertz CT molecular complexity index is 1010. The Morgan fingerprint density at radius 1 is 0.882 bits per heavy atom. The number of likely N-dealkylation sites (tertiary alicyclic amines) is 1. The van der Waals surface area contributed by atoms with Gasteiger partial charge in [-0.3, -0.25) is 4.90 Å². The summed E-state index contributed by atoms with van der Waals surface area (Å²) in [6, 6.07) is 26.7. The molecule has 1 fully saturated rings. The number of anilines is 3. The van der Waals surface area contributed by atoms with Crippen molar-refractivity contribution >= 4 is 41.9 Å². The highest BCUT2D eigenvalue weighted by atomic mass is 35.5. The summed E-state index contributed by atoms with van der Waals surface area (Å²) in [7, 11) is 4.18. The van der Waals surface area contributed by atoms with Crippen molar-refractivity contribution in [2.75, 3.05) is 43.5 Å². The zero-order chi connectivity index (χ0) is 21.9. The Kier molecular flexibility index (Phi) is 9.12. The number of para-hydroxylation sites is 3. The van der Waals surface area contributed by atoms with E-state index in [0.717, 1.165) is 25.3 Å². The summed E-state index contributed by atoms with van der Waals surface area (Å²) in [5, 5.41) is 0. The molecule has 182 valence electrons. The Hall–Kier alpha value is -2.40. The molecule has 34 heavy (non-hydrogen) atoms. The molecule has 4 nitrogen and oxygen atoms in total. The molecule has 1 atom stereocenters. The number of halogens is 2. The van der Waals surface area contributed by atoms with E-state index in [1.54, 1.807) is 0 Å². The average Bonchev–Trinajstić information content (AvgIpc) is 3.21. The van der Waals surface area contributed by atoms with Gasteiger partial charge in [0.1, 0.15) is 12.4 Å². The fourth-order valence-corrected chi connectivity index (χ4v) is 5.02. The van der Waals surface area contributed by atoms with Gasteiger partial charge in [0, 0.05) is 50.2 Å². The van der Waals surface area contributed by atoms with Crippen LogP contribution in [0.3, 0.4) is 0 Å². The van der Waals surface area contributed by atoms with Gasteiger partial charge in [-0.05, 0) is 61.7 Å². The van der Waals surface area contributed by atoms with E-state index in [1.165, 1.54) is 47.6 Å². The highest BCUT2D eigenvalue weighted by molar-refractivity contribution is 5.85. The molecule has 2 aliphatic rings. The molecule has 0 radical (unpaired) electrons. The van der Waals surface area contributed by atoms with E-state index in [2.05, 4.69) is 102 Å². The summed E-state index contributed by atoms with van der Waals surface area (Å²) in [6.07, 6.45) is 3.62. The topological polar surface area (TPSA) is 19.0 Å². The fourth-order valence-electron chi connectivity index (χ4n) is 5.02. The van der Waals surface area contributed by atoms with Crippen LogP contribution in [0.25, 0.3) is 0 Å². The van der Waals surface area contributed by atoms with Gasteiger partial charge in [0.05, 0.1) is 5.69 Å². The predicted molar refractivity (Wildman–Crippen MR) is 148 cm³/mol. The molecule has 0 aliphatic carbocycles. The number of fused-ring (bicyclic) bond motifs is 2. The van der Waals surface area contributed by atoms with Crippen LogP contribution in [0.15, 0.2) is 72.8 Å². The maximum Gasteiger partial charge on any atom is 0.143 e. The first-order valence-electron chi connectivity index (χ1n) is 11.8. The Morgan fingerprint density at radius 3 is 2.35 bits per heavy atom. The number of hydrogen-bond acceptors (Lipinski definition) is 4. The van der Waals surface area contributed by atoms with Crippen molar-refractivity contribution in [3.63, 3.8) is 0 Å². The Morgan fingerprint density at radius 2 is 1.59 bits per heavy atom. The minimum absolute atomic E-state index is 0. The molecule has 3 aromatic carbocycles. The zero-order valence-corrected chi connectivity index (χ0v) is 21.7. The molecule has 2 heterocycles. The van der Waals surface area contributed by atoms with Crippen LogP contribution in [0.1, 0.15) is 24.0 Å². The van der Waals surface area contributed by atoms with Crippen molar-refractivity contribution in [1.82, 2.24) is 4.90 Å². The maximum absolute atomic E-state index is 6.17. The van der Waals surface area contributed by atoms with E-state index < -0.39 is 0 Å². The van der Waals surface area contributed by atoms with Gasteiger partial charge in [0.15, 0.2) is 0 Å². The third-order valence-electron chi connectivity index (χ3n) is 6.85. The molecule has 2 aliphatic heterocycles. The van der Waals surface area contributed by atoms with Crippen molar-refractivity contribution in [2.24, 2.45) is 0 Å². The molecule has 5 rings (SSSR count). The van der Waals surface area contributed by atoms with E-state index in [9.17, 15) is 0 Å². The van der Waals surface area contributed by atoms with Crippen molar-refractivity contribution in [3.8, 4) is 5.75 Å². The third-order valence-corrected chi connectivity index (χ3v) is 6.85. The Balaban J connectivity index is 0.00000162. The number of rotatable bonds is 6. The molecule has 3 aromatic rings. The zero-order valence-electron chi connectivity index (χ0n) is 20.0. The van der Waals surface area contributed by atoms with Gasteiger partial charge in [0.25, 0.3) is 0 Å². The lowest BCUT2D eigenvalue weighted by atomic mass is 10.1.